The second kappa shape index (κ2) is 7.68. The molecule has 0 aliphatic carbocycles. The molecule has 1 aromatic heterocycles. The van der Waals surface area contributed by atoms with E-state index < -0.39 is 0 Å². The molecule has 0 saturated carbocycles. The van der Waals surface area contributed by atoms with Gasteiger partial charge in [0.1, 0.15) is 5.75 Å². The number of nitrogens with two attached hydrogens (primary N) is 1. The van der Waals surface area contributed by atoms with E-state index in [0.29, 0.717) is 19.1 Å². The largest absolute Gasteiger partial charge is 0.497 e. The number of hydrogen-bond acceptors (Lipinski definition) is 4. The minimum absolute atomic E-state index is 0.205. The molecule has 2 aromatic rings. The molecule has 1 saturated heterocycles. The second-order valence-corrected chi connectivity index (χ2v) is 6.96. The first kappa shape index (κ1) is 16.8. The van der Waals surface area contributed by atoms with Crippen LogP contribution in [0, 0.1) is 0 Å². The van der Waals surface area contributed by atoms with E-state index in [2.05, 4.69) is 41.1 Å². The molecule has 5 nitrogen and oxygen atoms in total. The number of guanidine groups is 1. The van der Waals surface area contributed by atoms with Crippen LogP contribution in [0.15, 0.2) is 41.4 Å². The van der Waals surface area contributed by atoms with E-state index in [-0.39, 0.29) is 6.10 Å². The smallest absolute Gasteiger partial charge is 0.191 e. The van der Waals surface area contributed by atoms with Crippen molar-refractivity contribution in [2.45, 2.75) is 19.6 Å². The van der Waals surface area contributed by atoms with Gasteiger partial charge in [0.05, 0.1) is 26.4 Å². The van der Waals surface area contributed by atoms with Gasteiger partial charge >= 0.3 is 0 Å². The number of aliphatic imine (C=N–C) groups is 1. The molecule has 1 aliphatic heterocycles. The van der Waals surface area contributed by atoms with Crippen LogP contribution >= 0.6 is 11.3 Å². The highest BCUT2D eigenvalue weighted by molar-refractivity contribution is 7.15. The van der Waals surface area contributed by atoms with Gasteiger partial charge in [0, 0.05) is 22.8 Å². The van der Waals surface area contributed by atoms with E-state index >= 15 is 0 Å². The third-order valence-corrected chi connectivity index (χ3v) is 5.12. The van der Waals surface area contributed by atoms with Crippen molar-refractivity contribution in [2.24, 2.45) is 10.7 Å². The van der Waals surface area contributed by atoms with Crippen LogP contribution in [0.3, 0.4) is 0 Å². The van der Waals surface area contributed by atoms with Gasteiger partial charge in [0.15, 0.2) is 5.96 Å². The molecule has 0 amide bonds. The van der Waals surface area contributed by atoms with Crippen LogP contribution in [0.1, 0.15) is 11.8 Å². The number of nitrogens with zero attached hydrogens (tertiary/aromatic N) is 2. The Balaban J connectivity index is 1.63. The molecule has 1 aromatic carbocycles. The molecule has 0 bridgehead atoms. The highest BCUT2D eigenvalue weighted by Crippen LogP contribution is 2.29. The van der Waals surface area contributed by atoms with Gasteiger partial charge in [-0.2, -0.15) is 0 Å². The Morgan fingerprint density at radius 3 is 2.83 bits per heavy atom. The van der Waals surface area contributed by atoms with Crippen LogP contribution < -0.4 is 10.5 Å². The van der Waals surface area contributed by atoms with Crippen molar-refractivity contribution < 1.29 is 9.47 Å². The van der Waals surface area contributed by atoms with Gasteiger partial charge in [-0.1, -0.05) is 0 Å². The molecular formula is C18H23N3O2S. The highest BCUT2D eigenvalue weighted by atomic mass is 32.1. The molecule has 128 valence electrons. The van der Waals surface area contributed by atoms with Crippen LogP contribution in [0.4, 0.5) is 0 Å². The normalized spacial score (nSPS) is 18.7. The van der Waals surface area contributed by atoms with Crippen molar-refractivity contribution >= 4 is 17.3 Å². The zero-order chi connectivity index (χ0) is 16.9. The third-order valence-electron chi connectivity index (χ3n) is 4.00. The maximum absolute atomic E-state index is 6.12. The monoisotopic (exact) mass is 345 g/mol. The summed E-state index contributed by atoms with van der Waals surface area (Å²) in [5, 5.41) is 0. The van der Waals surface area contributed by atoms with Crippen molar-refractivity contribution in [3.8, 4) is 16.2 Å². The van der Waals surface area contributed by atoms with Crippen LogP contribution in [0.2, 0.25) is 0 Å². The summed E-state index contributed by atoms with van der Waals surface area (Å²) in [4.78, 5) is 9.05. The Bertz CT molecular complexity index is 697. The Morgan fingerprint density at radius 1 is 1.33 bits per heavy atom. The molecule has 24 heavy (non-hydrogen) atoms. The van der Waals surface area contributed by atoms with Gasteiger partial charge in [-0.3, -0.25) is 0 Å². The molecule has 0 spiro atoms. The minimum atomic E-state index is 0.205. The van der Waals surface area contributed by atoms with Crippen molar-refractivity contribution in [1.82, 2.24) is 4.90 Å². The first-order chi connectivity index (χ1) is 11.7. The van der Waals surface area contributed by atoms with E-state index in [1.807, 2.05) is 12.1 Å². The molecule has 2 heterocycles. The fraction of sp³-hybridized carbons (Fsp3) is 0.389. The highest BCUT2D eigenvalue weighted by Gasteiger charge is 2.17. The van der Waals surface area contributed by atoms with E-state index in [4.69, 9.17) is 15.2 Å². The zero-order valence-corrected chi connectivity index (χ0v) is 14.9. The molecule has 2 N–H and O–H groups in total. The van der Waals surface area contributed by atoms with Crippen molar-refractivity contribution in [2.75, 3.05) is 26.8 Å². The topological polar surface area (TPSA) is 60.1 Å². The summed E-state index contributed by atoms with van der Waals surface area (Å²) in [5.74, 6) is 1.47. The molecule has 1 unspecified atom stereocenters. The van der Waals surface area contributed by atoms with Gasteiger partial charge < -0.3 is 20.1 Å². The van der Waals surface area contributed by atoms with Crippen molar-refractivity contribution in [3.05, 3.63) is 41.3 Å². The van der Waals surface area contributed by atoms with Crippen LogP contribution in [0.25, 0.3) is 10.4 Å². The number of morpholine rings is 1. The first-order valence-electron chi connectivity index (χ1n) is 8.05. The number of hydrogen-bond donors (Lipinski definition) is 1. The third kappa shape index (κ3) is 4.07. The van der Waals surface area contributed by atoms with Gasteiger partial charge in [-0.25, -0.2) is 4.99 Å². The van der Waals surface area contributed by atoms with Gasteiger partial charge in [0.2, 0.25) is 0 Å². The molecule has 1 atom stereocenters. The average Bonchev–Trinajstić information content (AvgIpc) is 3.09. The van der Waals surface area contributed by atoms with Crippen LogP contribution in [0.5, 0.6) is 5.75 Å². The standard InChI is InChI=1S/C18H23N3O2S/c1-13-12-21(9-10-23-13)18(19)20-11-16-7-8-17(24-16)14-3-5-15(22-2)6-4-14/h3-8,13H,9-12H2,1-2H3,(H2,19,20). The van der Waals surface area contributed by atoms with Crippen molar-refractivity contribution in [3.63, 3.8) is 0 Å². The minimum Gasteiger partial charge on any atom is -0.497 e. The summed E-state index contributed by atoms with van der Waals surface area (Å²) < 4.78 is 10.7. The average molecular weight is 345 g/mol. The summed E-state index contributed by atoms with van der Waals surface area (Å²) in [6.07, 6.45) is 0.205. The van der Waals surface area contributed by atoms with E-state index in [0.717, 1.165) is 18.8 Å². The second-order valence-electron chi connectivity index (χ2n) is 5.80. The number of methoxy groups -OCH3 is 1. The van der Waals surface area contributed by atoms with E-state index in [1.54, 1.807) is 18.4 Å². The fourth-order valence-electron chi connectivity index (χ4n) is 2.66. The van der Waals surface area contributed by atoms with E-state index in [9.17, 15) is 0 Å². The van der Waals surface area contributed by atoms with Crippen LogP contribution in [-0.4, -0.2) is 43.8 Å². The first-order valence-corrected chi connectivity index (χ1v) is 8.87. The Kier molecular flexibility index (Phi) is 5.37. The summed E-state index contributed by atoms with van der Waals surface area (Å²) in [6, 6.07) is 12.3. The van der Waals surface area contributed by atoms with E-state index in [1.165, 1.54) is 15.3 Å². The van der Waals surface area contributed by atoms with Crippen LogP contribution in [-0.2, 0) is 11.3 Å². The lowest BCUT2D eigenvalue weighted by molar-refractivity contribution is 0.00529. The summed E-state index contributed by atoms with van der Waals surface area (Å²) in [6.45, 7) is 4.98. The number of rotatable bonds is 4. The Labute approximate surface area is 146 Å². The maximum Gasteiger partial charge on any atom is 0.191 e. The summed E-state index contributed by atoms with van der Waals surface area (Å²) in [5.41, 5.74) is 7.31. The van der Waals surface area contributed by atoms with Crippen molar-refractivity contribution in [1.29, 1.82) is 0 Å². The lowest BCUT2D eigenvalue weighted by Crippen LogP contribution is -2.47. The number of thiophene rings is 1. The molecule has 0 radical (unpaired) electrons. The van der Waals surface area contributed by atoms with Gasteiger partial charge in [0.25, 0.3) is 0 Å². The maximum atomic E-state index is 6.12. The van der Waals surface area contributed by atoms with Gasteiger partial charge in [-0.05, 0) is 48.9 Å². The predicted molar refractivity (Wildman–Crippen MR) is 98.6 cm³/mol. The SMILES string of the molecule is COc1ccc(-c2ccc(CN=C(N)N3CCOC(C)C3)s2)cc1. The van der Waals surface area contributed by atoms with Gasteiger partial charge in [-0.15, -0.1) is 11.3 Å². The molecule has 1 aliphatic rings. The fourth-order valence-corrected chi connectivity index (χ4v) is 3.60. The number of ether oxygens (including phenoxy) is 2. The molecular weight excluding hydrogens is 322 g/mol. The zero-order valence-electron chi connectivity index (χ0n) is 14.1. The summed E-state index contributed by atoms with van der Waals surface area (Å²) >= 11 is 1.74. The molecule has 3 rings (SSSR count). The lowest BCUT2D eigenvalue weighted by atomic mass is 10.2. The molecule has 1 fully saturated rings. The Morgan fingerprint density at radius 2 is 2.12 bits per heavy atom. The molecule has 6 heteroatoms. The Hall–Kier alpha value is -2.05. The lowest BCUT2D eigenvalue weighted by Gasteiger charge is -2.31. The summed E-state index contributed by atoms with van der Waals surface area (Å²) in [7, 11) is 1.68. The quantitative estimate of drug-likeness (QED) is 0.684. The predicted octanol–water partition coefficient (Wildman–Crippen LogP) is 2.96. The number of benzene rings is 1.